The first-order chi connectivity index (χ1) is 14.4. The van der Waals surface area contributed by atoms with Gasteiger partial charge in [-0.3, -0.25) is 4.90 Å². The van der Waals surface area contributed by atoms with Gasteiger partial charge in [0.05, 0.1) is 30.9 Å². The van der Waals surface area contributed by atoms with Gasteiger partial charge < -0.3 is 14.0 Å². The van der Waals surface area contributed by atoms with E-state index in [1.54, 1.807) is 36.9 Å². The number of nitrogens with zero attached hydrogens (tertiary/aromatic N) is 3. The number of benzene rings is 1. The second-order valence-electron chi connectivity index (χ2n) is 7.59. The Morgan fingerprint density at radius 3 is 2.73 bits per heavy atom. The van der Waals surface area contributed by atoms with Crippen LogP contribution < -0.4 is 4.74 Å². The molecule has 1 aliphatic heterocycles. The summed E-state index contributed by atoms with van der Waals surface area (Å²) in [6.07, 6.45) is 3.77. The minimum Gasteiger partial charge on any atom is -0.493 e. The first-order valence-electron chi connectivity index (χ1n) is 10.3. The van der Waals surface area contributed by atoms with Crippen molar-refractivity contribution >= 4 is 9.84 Å². The average molecular weight is 440 g/mol. The quantitative estimate of drug-likeness (QED) is 0.567. The van der Waals surface area contributed by atoms with Crippen LogP contribution in [-0.2, 0) is 27.7 Å². The molecule has 0 unspecified atom stereocenters. The molecule has 2 aromatic rings. The second kappa shape index (κ2) is 10.4. The Morgan fingerprint density at radius 1 is 1.27 bits per heavy atom. The molecule has 166 valence electrons. The van der Waals surface area contributed by atoms with Gasteiger partial charge in [0.15, 0.2) is 0 Å². The average Bonchev–Trinajstić information content (AvgIpc) is 3.15. The molecule has 0 bridgehead atoms. The van der Waals surface area contributed by atoms with Gasteiger partial charge in [0, 0.05) is 32.7 Å². The highest BCUT2D eigenvalue weighted by Crippen LogP contribution is 2.22. The standard InChI is InChI=1S/C21H30FN3O4S/c1-3-30(26,27)21-23-13-19(25(21)11-12-28-2)15-24-10-4-5-17(14-24)16-29-20-8-6-18(22)7-9-20/h6-9,13,17H,3-5,10-12,14-16H2,1-2H3/t17-/m0/s1. The summed E-state index contributed by atoms with van der Waals surface area (Å²) in [5.74, 6) is 0.766. The van der Waals surface area contributed by atoms with Gasteiger partial charge in [-0.25, -0.2) is 17.8 Å². The van der Waals surface area contributed by atoms with Crippen molar-refractivity contribution in [1.82, 2.24) is 14.5 Å². The summed E-state index contributed by atoms with van der Waals surface area (Å²) in [5, 5.41) is 0.116. The van der Waals surface area contributed by atoms with Crippen LogP contribution in [0.25, 0.3) is 0 Å². The van der Waals surface area contributed by atoms with Crippen molar-refractivity contribution in [2.75, 3.05) is 39.2 Å². The molecule has 1 saturated heterocycles. The zero-order valence-electron chi connectivity index (χ0n) is 17.6. The van der Waals surface area contributed by atoms with E-state index in [1.807, 2.05) is 0 Å². The lowest BCUT2D eigenvalue weighted by Gasteiger charge is -2.32. The monoisotopic (exact) mass is 439 g/mol. The molecule has 0 spiro atoms. The van der Waals surface area contributed by atoms with Gasteiger partial charge in [-0.2, -0.15) is 0 Å². The highest BCUT2D eigenvalue weighted by molar-refractivity contribution is 7.91. The van der Waals surface area contributed by atoms with Crippen LogP contribution in [-0.4, -0.2) is 62.0 Å². The number of rotatable bonds is 10. The van der Waals surface area contributed by atoms with Crippen molar-refractivity contribution < 1.29 is 22.3 Å². The third-order valence-electron chi connectivity index (χ3n) is 5.37. The third-order valence-corrected chi connectivity index (χ3v) is 7.01. The van der Waals surface area contributed by atoms with Crippen LogP contribution >= 0.6 is 0 Å². The van der Waals surface area contributed by atoms with Gasteiger partial charge in [-0.05, 0) is 43.7 Å². The van der Waals surface area contributed by atoms with E-state index >= 15 is 0 Å². The molecule has 0 amide bonds. The van der Waals surface area contributed by atoms with Gasteiger partial charge in [0.2, 0.25) is 15.0 Å². The van der Waals surface area contributed by atoms with Crippen molar-refractivity contribution in [3.8, 4) is 5.75 Å². The molecule has 1 aromatic heterocycles. The van der Waals surface area contributed by atoms with Gasteiger partial charge in [0.1, 0.15) is 11.6 Å². The SMILES string of the molecule is CCS(=O)(=O)c1ncc(CN2CCC[C@H](COc3ccc(F)cc3)C2)n1CCOC. The molecule has 0 saturated carbocycles. The van der Waals surface area contributed by atoms with E-state index in [-0.39, 0.29) is 16.7 Å². The molecule has 7 nitrogen and oxygen atoms in total. The fourth-order valence-electron chi connectivity index (χ4n) is 3.72. The predicted octanol–water partition coefficient (Wildman–Crippen LogP) is 2.75. The fourth-order valence-corrected chi connectivity index (χ4v) is 4.74. The zero-order chi connectivity index (χ0) is 21.6. The minimum atomic E-state index is -3.40. The molecule has 0 radical (unpaired) electrons. The first-order valence-corrected chi connectivity index (χ1v) is 11.9. The lowest BCUT2D eigenvalue weighted by atomic mass is 9.99. The van der Waals surface area contributed by atoms with E-state index in [9.17, 15) is 12.8 Å². The maximum absolute atomic E-state index is 13.0. The van der Waals surface area contributed by atoms with E-state index in [4.69, 9.17) is 9.47 Å². The Hall–Kier alpha value is -1.97. The Morgan fingerprint density at radius 2 is 2.03 bits per heavy atom. The number of hydrogen-bond donors (Lipinski definition) is 0. The number of likely N-dealkylation sites (tertiary alicyclic amines) is 1. The smallest absolute Gasteiger partial charge is 0.227 e. The Kier molecular flexibility index (Phi) is 7.85. The van der Waals surface area contributed by atoms with Crippen LogP contribution in [0, 0.1) is 11.7 Å². The van der Waals surface area contributed by atoms with Gasteiger partial charge in [-0.15, -0.1) is 0 Å². The highest BCUT2D eigenvalue weighted by atomic mass is 32.2. The molecule has 1 atom stereocenters. The first kappa shape index (κ1) is 22.7. The zero-order valence-corrected chi connectivity index (χ0v) is 18.4. The van der Waals surface area contributed by atoms with Gasteiger partial charge in [0.25, 0.3) is 0 Å². The topological polar surface area (TPSA) is 73.7 Å². The van der Waals surface area contributed by atoms with Gasteiger partial charge in [-0.1, -0.05) is 6.92 Å². The number of methoxy groups -OCH3 is 1. The Balaban J connectivity index is 1.64. The van der Waals surface area contributed by atoms with Crippen molar-refractivity contribution in [1.29, 1.82) is 0 Å². The number of imidazole rings is 1. The third kappa shape index (κ3) is 5.80. The summed E-state index contributed by atoms with van der Waals surface area (Å²) >= 11 is 0. The number of halogens is 1. The largest absolute Gasteiger partial charge is 0.493 e. The number of ether oxygens (including phenoxy) is 2. The molecule has 9 heteroatoms. The normalized spacial score (nSPS) is 17.9. The number of aromatic nitrogens is 2. The van der Waals surface area contributed by atoms with E-state index in [1.165, 1.54) is 12.1 Å². The maximum Gasteiger partial charge on any atom is 0.227 e. The lowest BCUT2D eigenvalue weighted by Crippen LogP contribution is -2.37. The molecule has 3 rings (SSSR count). The lowest BCUT2D eigenvalue weighted by molar-refractivity contribution is 0.121. The van der Waals surface area contributed by atoms with Crippen LogP contribution in [0.15, 0.2) is 35.6 Å². The molecule has 1 fully saturated rings. The summed E-state index contributed by atoms with van der Waals surface area (Å²) in [7, 11) is -1.80. The van der Waals surface area contributed by atoms with Crippen molar-refractivity contribution in [3.63, 3.8) is 0 Å². The van der Waals surface area contributed by atoms with Crippen LogP contribution in [0.5, 0.6) is 5.75 Å². The van der Waals surface area contributed by atoms with E-state index in [2.05, 4.69) is 9.88 Å². The van der Waals surface area contributed by atoms with Crippen LogP contribution in [0.4, 0.5) is 4.39 Å². The number of piperidine rings is 1. The molecular formula is C21H30FN3O4S. The number of hydrogen-bond acceptors (Lipinski definition) is 6. The highest BCUT2D eigenvalue weighted by Gasteiger charge is 2.25. The van der Waals surface area contributed by atoms with Crippen molar-refractivity contribution in [2.45, 2.75) is 38.0 Å². The van der Waals surface area contributed by atoms with E-state index in [0.29, 0.717) is 38.0 Å². The molecule has 2 heterocycles. The summed E-state index contributed by atoms with van der Waals surface area (Å²) in [4.78, 5) is 6.53. The van der Waals surface area contributed by atoms with Crippen LogP contribution in [0.1, 0.15) is 25.5 Å². The van der Waals surface area contributed by atoms with Gasteiger partial charge >= 0.3 is 0 Å². The molecule has 0 N–H and O–H groups in total. The summed E-state index contributed by atoms with van der Waals surface area (Å²) in [5.41, 5.74) is 0.874. The Bertz CT molecular complexity index is 915. The van der Waals surface area contributed by atoms with E-state index in [0.717, 1.165) is 31.6 Å². The Labute approximate surface area is 177 Å². The second-order valence-corrected chi connectivity index (χ2v) is 9.76. The summed E-state index contributed by atoms with van der Waals surface area (Å²) < 4.78 is 50.6. The minimum absolute atomic E-state index is 0.0168. The predicted molar refractivity (Wildman–Crippen MR) is 112 cm³/mol. The molecule has 0 aliphatic carbocycles. The fraction of sp³-hybridized carbons (Fsp3) is 0.571. The van der Waals surface area contributed by atoms with Crippen LogP contribution in [0.2, 0.25) is 0 Å². The summed E-state index contributed by atoms with van der Waals surface area (Å²) in [6, 6.07) is 6.07. The number of sulfone groups is 1. The van der Waals surface area contributed by atoms with Crippen molar-refractivity contribution in [2.24, 2.45) is 5.92 Å². The maximum atomic E-state index is 13.0. The summed E-state index contributed by atoms with van der Waals surface area (Å²) in [6.45, 7) is 5.49. The van der Waals surface area contributed by atoms with E-state index < -0.39 is 9.84 Å². The molecule has 1 aromatic carbocycles. The molecule has 30 heavy (non-hydrogen) atoms. The van der Waals surface area contributed by atoms with Crippen LogP contribution in [0.3, 0.4) is 0 Å². The molecular weight excluding hydrogens is 409 g/mol. The van der Waals surface area contributed by atoms with Crippen molar-refractivity contribution in [3.05, 3.63) is 42.0 Å². The molecule has 1 aliphatic rings.